The third-order valence-electron chi connectivity index (χ3n) is 6.70. The fourth-order valence-corrected chi connectivity index (χ4v) is 4.89. The first-order valence-corrected chi connectivity index (χ1v) is 11.4. The average molecular weight is 448 g/mol. The molecular formula is C28H33NO4. The van der Waals surface area contributed by atoms with Gasteiger partial charge in [-0.15, -0.1) is 0 Å². The SMILES string of the molecule is COc1ccc(C[C@@H]2c3cc(OC)c(OC)cc3CCN2[C@H](C)c2ccccc2)cc1OC. The predicted octanol–water partition coefficient (Wildman–Crippen LogP) is 5.62. The Morgan fingerprint density at radius 2 is 1.42 bits per heavy atom. The van der Waals surface area contributed by atoms with Gasteiger partial charge in [0.05, 0.1) is 28.4 Å². The van der Waals surface area contributed by atoms with Gasteiger partial charge in [-0.3, -0.25) is 4.90 Å². The van der Waals surface area contributed by atoms with Crippen LogP contribution in [0.15, 0.2) is 60.7 Å². The summed E-state index contributed by atoms with van der Waals surface area (Å²) in [5.41, 5.74) is 5.12. The van der Waals surface area contributed by atoms with Crippen molar-refractivity contribution in [2.45, 2.75) is 31.8 Å². The van der Waals surface area contributed by atoms with Crippen molar-refractivity contribution in [3.8, 4) is 23.0 Å². The molecule has 0 aliphatic carbocycles. The van der Waals surface area contributed by atoms with Crippen LogP contribution < -0.4 is 18.9 Å². The van der Waals surface area contributed by atoms with Gasteiger partial charge in [-0.05, 0) is 66.3 Å². The highest BCUT2D eigenvalue weighted by molar-refractivity contribution is 5.50. The van der Waals surface area contributed by atoms with Crippen molar-refractivity contribution in [1.82, 2.24) is 4.90 Å². The molecule has 5 heteroatoms. The average Bonchev–Trinajstić information content (AvgIpc) is 2.88. The molecule has 0 radical (unpaired) electrons. The molecule has 0 bridgehead atoms. The lowest BCUT2D eigenvalue weighted by Crippen LogP contribution is -2.38. The molecule has 4 rings (SSSR count). The number of nitrogens with zero attached hydrogens (tertiary/aromatic N) is 1. The second-order valence-corrected chi connectivity index (χ2v) is 8.39. The molecule has 5 nitrogen and oxygen atoms in total. The Bertz CT molecular complexity index is 1080. The van der Waals surface area contributed by atoms with E-state index >= 15 is 0 Å². The first-order chi connectivity index (χ1) is 16.1. The van der Waals surface area contributed by atoms with E-state index in [0.29, 0.717) is 0 Å². The zero-order valence-electron chi connectivity index (χ0n) is 20.1. The van der Waals surface area contributed by atoms with Crippen LogP contribution in [0, 0.1) is 0 Å². The molecule has 0 saturated heterocycles. The van der Waals surface area contributed by atoms with Gasteiger partial charge in [-0.25, -0.2) is 0 Å². The maximum absolute atomic E-state index is 5.67. The summed E-state index contributed by atoms with van der Waals surface area (Å²) in [5, 5.41) is 0. The summed E-state index contributed by atoms with van der Waals surface area (Å²) in [4.78, 5) is 2.60. The monoisotopic (exact) mass is 447 g/mol. The number of hydrogen-bond acceptors (Lipinski definition) is 5. The topological polar surface area (TPSA) is 40.2 Å². The van der Waals surface area contributed by atoms with Crippen LogP contribution >= 0.6 is 0 Å². The zero-order valence-corrected chi connectivity index (χ0v) is 20.1. The van der Waals surface area contributed by atoms with Crippen molar-refractivity contribution in [2.75, 3.05) is 35.0 Å². The number of ether oxygens (including phenoxy) is 4. The van der Waals surface area contributed by atoms with E-state index in [9.17, 15) is 0 Å². The van der Waals surface area contributed by atoms with Gasteiger partial charge >= 0.3 is 0 Å². The minimum Gasteiger partial charge on any atom is -0.493 e. The molecule has 2 atom stereocenters. The number of hydrogen-bond donors (Lipinski definition) is 0. The molecular weight excluding hydrogens is 414 g/mol. The third-order valence-corrected chi connectivity index (χ3v) is 6.70. The lowest BCUT2D eigenvalue weighted by molar-refractivity contribution is 0.131. The number of fused-ring (bicyclic) bond motifs is 1. The quantitative estimate of drug-likeness (QED) is 0.448. The Hall–Kier alpha value is -3.18. The third kappa shape index (κ3) is 4.64. The summed E-state index contributed by atoms with van der Waals surface area (Å²) in [5.74, 6) is 3.04. The molecule has 174 valence electrons. The van der Waals surface area contributed by atoms with Gasteiger partial charge in [0.15, 0.2) is 23.0 Å². The molecule has 0 unspecified atom stereocenters. The molecule has 0 N–H and O–H groups in total. The number of methoxy groups -OCH3 is 4. The van der Waals surface area contributed by atoms with E-state index in [-0.39, 0.29) is 12.1 Å². The maximum atomic E-state index is 5.67. The summed E-state index contributed by atoms with van der Waals surface area (Å²) in [6, 6.07) is 21.7. The van der Waals surface area contributed by atoms with Crippen molar-refractivity contribution in [2.24, 2.45) is 0 Å². The van der Waals surface area contributed by atoms with Gasteiger partial charge < -0.3 is 18.9 Å². The van der Waals surface area contributed by atoms with Crippen LogP contribution in [-0.4, -0.2) is 39.9 Å². The molecule has 1 aliphatic rings. The predicted molar refractivity (Wildman–Crippen MR) is 131 cm³/mol. The molecule has 3 aromatic carbocycles. The zero-order chi connectivity index (χ0) is 23.4. The summed E-state index contributed by atoms with van der Waals surface area (Å²) >= 11 is 0. The fourth-order valence-electron chi connectivity index (χ4n) is 4.89. The maximum Gasteiger partial charge on any atom is 0.161 e. The van der Waals surface area contributed by atoms with E-state index in [1.165, 1.54) is 22.3 Å². The highest BCUT2D eigenvalue weighted by Gasteiger charge is 2.32. The van der Waals surface area contributed by atoms with Gasteiger partial charge in [-0.2, -0.15) is 0 Å². The second-order valence-electron chi connectivity index (χ2n) is 8.39. The summed E-state index contributed by atoms with van der Waals surface area (Å²) in [7, 11) is 6.73. The van der Waals surface area contributed by atoms with Crippen LogP contribution in [0.2, 0.25) is 0 Å². The van der Waals surface area contributed by atoms with E-state index in [1.54, 1.807) is 28.4 Å². The van der Waals surface area contributed by atoms with Crippen molar-refractivity contribution >= 4 is 0 Å². The van der Waals surface area contributed by atoms with E-state index in [1.807, 2.05) is 6.07 Å². The Labute approximate surface area is 196 Å². The van der Waals surface area contributed by atoms with E-state index in [2.05, 4.69) is 66.4 Å². The second kappa shape index (κ2) is 10.2. The Balaban J connectivity index is 1.77. The van der Waals surface area contributed by atoms with E-state index in [4.69, 9.17) is 18.9 Å². The first-order valence-electron chi connectivity index (χ1n) is 11.4. The fraction of sp³-hybridized carbons (Fsp3) is 0.357. The smallest absolute Gasteiger partial charge is 0.161 e. The Morgan fingerprint density at radius 1 is 0.788 bits per heavy atom. The Morgan fingerprint density at radius 3 is 2.09 bits per heavy atom. The molecule has 0 fully saturated rings. The molecule has 0 saturated carbocycles. The van der Waals surface area contributed by atoms with Crippen LogP contribution in [0.25, 0.3) is 0 Å². The van der Waals surface area contributed by atoms with Gasteiger partial charge in [0.25, 0.3) is 0 Å². The summed E-state index contributed by atoms with van der Waals surface area (Å²) in [6.07, 6.45) is 1.81. The van der Waals surface area contributed by atoms with Crippen LogP contribution in [0.3, 0.4) is 0 Å². The molecule has 1 heterocycles. The van der Waals surface area contributed by atoms with Gasteiger partial charge in [0.2, 0.25) is 0 Å². The standard InChI is InChI=1S/C28H33NO4/c1-19(21-9-7-6-8-10-21)29-14-13-22-17-27(32-4)28(33-5)18-23(22)24(29)15-20-11-12-25(30-2)26(16-20)31-3/h6-12,16-19,24H,13-15H2,1-5H3/t19-,24-/m1/s1. The van der Waals surface area contributed by atoms with Gasteiger partial charge in [-0.1, -0.05) is 36.4 Å². The van der Waals surface area contributed by atoms with Gasteiger partial charge in [0.1, 0.15) is 0 Å². The molecule has 0 spiro atoms. The number of rotatable bonds is 8. The minimum absolute atomic E-state index is 0.182. The van der Waals surface area contributed by atoms with Gasteiger partial charge in [0, 0.05) is 18.6 Å². The van der Waals surface area contributed by atoms with Crippen molar-refractivity contribution in [1.29, 1.82) is 0 Å². The molecule has 0 aromatic heterocycles. The van der Waals surface area contributed by atoms with Crippen LogP contribution in [0.4, 0.5) is 0 Å². The molecule has 0 amide bonds. The summed E-state index contributed by atoms with van der Waals surface area (Å²) in [6.45, 7) is 3.26. The van der Waals surface area contributed by atoms with Crippen molar-refractivity contribution in [3.63, 3.8) is 0 Å². The number of benzene rings is 3. The highest BCUT2D eigenvalue weighted by atomic mass is 16.5. The highest BCUT2D eigenvalue weighted by Crippen LogP contribution is 2.43. The largest absolute Gasteiger partial charge is 0.493 e. The molecule has 1 aliphatic heterocycles. The lowest BCUT2D eigenvalue weighted by Gasteiger charge is -2.42. The minimum atomic E-state index is 0.182. The normalized spacial score (nSPS) is 16.6. The first kappa shape index (κ1) is 23.0. The van der Waals surface area contributed by atoms with E-state index < -0.39 is 0 Å². The van der Waals surface area contributed by atoms with Crippen LogP contribution in [-0.2, 0) is 12.8 Å². The van der Waals surface area contributed by atoms with Crippen molar-refractivity contribution < 1.29 is 18.9 Å². The van der Waals surface area contributed by atoms with E-state index in [0.717, 1.165) is 42.4 Å². The summed E-state index contributed by atoms with van der Waals surface area (Å²) < 4.78 is 22.3. The van der Waals surface area contributed by atoms with Crippen LogP contribution in [0.1, 0.15) is 41.3 Å². The van der Waals surface area contributed by atoms with Crippen molar-refractivity contribution in [3.05, 3.63) is 82.9 Å². The molecule has 3 aromatic rings. The molecule has 33 heavy (non-hydrogen) atoms. The Kier molecular flexibility index (Phi) is 7.09. The lowest BCUT2D eigenvalue weighted by atomic mass is 9.86. The van der Waals surface area contributed by atoms with Crippen LogP contribution in [0.5, 0.6) is 23.0 Å².